The van der Waals surface area contributed by atoms with Gasteiger partial charge in [-0.3, -0.25) is 19.4 Å². The number of carbonyl (C=O) groups excluding carboxylic acids is 2. The van der Waals surface area contributed by atoms with E-state index in [1.54, 1.807) is 0 Å². The Labute approximate surface area is 269 Å². The molecule has 41 heavy (non-hydrogen) atoms. The average molecular weight is 655 g/mol. The Morgan fingerprint density at radius 3 is 1.12 bits per heavy atom. The Bertz CT molecular complexity index is 933. The maximum atomic E-state index is 11.1. The van der Waals surface area contributed by atoms with Crippen molar-refractivity contribution in [1.82, 2.24) is 19.6 Å². The molecule has 0 unspecified atom stereocenters. The number of hydrogen-bond acceptors (Lipinski definition) is 8. The number of ether oxygens (including phenoxy) is 2. The van der Waals surface area contributed by atoms with Crippen molar-refractivity contribution in [2.75, 3.05) is 65.4 Å². The summed E-state index contributed by atoms with van der Waals surface area (Å²) in [6.07, 6.45) is 1.22. The first-order valence-corrected chi connectivity index (χ1v) is 13.4. The van der Waals surface area contributed by atoms with Crippen LogP contribution in [-0.2, 0) is 22.7 Å². The van der Waals surface area contributed by atoms with E-state index in [-0.39, 0.29) is 61.6 Å². The molecule has 2 heterocycles. The van der Waals surface area contributed by atoms with Crippen molar-refractivity contribution in [3.8, 4) is 11.5 Å². The summed E-state index contributed by atoms with van der Waals surface area (Å²) in [6.45, 7) is 15.9. The molecule has 2 fully saturated rings. The van der Waals surface area contributed by atoms with Crippen molar-refractivity contribution in [2.24, 2.45) is 0 Å². The minimum absolute atomic E-state index is 0. The van der Waals surface area contributed by atoms with Crippen LogP contribution < -0.4 is 9.47 Å². The zero-order chi connectivity index (χ0) is 26.0. The van der Waals surface area contributed by atoms with Gasteiger partial charge in [-0.1, -0.05) is 24.3 Å². The molecule has 0 aliphatic carbocycles. The van der Waals surface area contributed by atoms with E-state index in [1.165, 1.54) is 44.5 Å². The second-order valence-electron chi connectivity index (χ2n) is 10.1. The van der Waals surface area contributed by atoms with Gasteiger partial charge in [0.15, 0.2) is 0 Å². The minimum atomic E-state index is -0.285. The summed E-state index contributed by atoms with van der Waals surface area (Å²) in [6, 6.07) is 15.7. The molecule has 2 aromatic carbocycles. The molecule has 0 aromatic heterocycles. The van der Waals surface area contributed by atoms with Crippen LogP contribution in [0, 0.1) is 0 Å². The van der Waals surface area contributed by atoms with Crippen LogP contribution in [0.5, 0.6) is 11.5 Å². The zero-order valence-corrected chi connectivity index (χ0v) is 27.1. The third-order valence-electron chi connectivity index (χ3n) is 7.06. The van der Waals surface area contributed by atoms with Gasteiger partial charge in [-0.2, -0.15) is 0 Å². The summed E-state index contributed by atoms with van der Waals surface area (Å²) < 4.78 is 10.2. The van der Waals surface area contributed by atoms with Crippen LogP contribution in [0.1, 0.15) is 31.4 Å². The van der Waals surface area contributed by atoms with Crippen LogP contribution in [0.25, 0.3) is 0 Å². The smallest absolute Gasteiger partial charge is 0.308 e. The maximum Gasteiger partial charge on any atom is 0.308 e. The fourth-order valence-corrected chi connectivity index (χ4v) is 5.03. The van der Waals surface area contributed by atoms with E-state index in [4.69, 9.17) is 9.47 Å². The number of hydrogen-bond donors (Lipinski definition) is 0. The summed E-state index contributed by atoms with van der Waals surface area (Å²) in [7, 11) is 0. The molecule has 0 atom stereocenters. The topological polar surface area (TPSA) is 65.6 Å². The molecular formula is C29H44Cl4N4O4. The average Bonchev–Trinajstić information content (AvgIpc) is 2.88. The Morgan fingerprint density at radius 2 is 0.829 bits per heavy atom. The van der Waals surface area contributed by atoms with Gasteiger partial charge in [-0.25, -0.2) is 0 Å². The van der Waals surface area contributed by atoms with E-state index in [2.05, 4.69) is 19.6 Å². The number of halogens is 4. The molecule has 0 amide bonds. The molecule has 0 radical (unpaired) electrons. The highest BCUT2D eigenvalue weighted by molar-refractivity contribution is 5.86. The van der Waals surface area contributed by atoms with E-state index in [0.717, 1.165) is 65.4 Å². The number of benzene rings is 2. The molecule has 0 saturated carbocycles. The Hall–Kier alpha value is -1.62. The van der Waals surface area contributed by atoms with Crippen LogP contribution in [-0.4, -0.2) is 97.0 Å². The van der Waals surface area contributed by atoms with Gasteiger partial charge in [-0.05, 0) is 54.9 Å². The molecular weight excluding hydrogens is 610 g/mol. The lowest BCUT2D eigenvalue weighted by Gasteiger charge is -2.36. The Balaban J connectivity index is 0.00000400. The first-order chi connectivity index (χ1) is 17.9. The third kappa shape index (κ3) is 13.9. The summed E-state index contributed by atoms with van der Waals surface area (Å²) >= 11 is 0. The van der Waals surface area contributed by atoms with Crippen LogP contribution in [0.3, 0.4) is 0 Å². The predicted molar refractivity (Wildman–Crippen MR) is 173 cm³/mol. The molecule has 2 aromatic rings. The van der Waals surface area contributed by atoms with Crippen LogP contribution in [0.15, 0.2) is 48.5 Å². The lowest BCUT2D eigenvalue weighted by atomic mass is 10.2. The van der Waals surface area contributed by atoms with Gasteiger partial charge in [0.05, 0.1) is 0 Å². The normalized spacial score (nSPS) is 16.2. The SMILES string of the molecule is CC(=O)Oc1ccc(CN2CCN(CCCN3CCN(Cc4ccc(OC(C)=O)cc4)CC3)CC2)cc1.Cl.Cl.Cl.Cl. The first-order valence-electron chi connectivity index (χ1n) is 13.4. The quantitative estimate of drug-likeness (QED) is 0.274. The number of rotatable bonds is 10. The van der Waals surface area contributed by atoms with Gasteiger partial charge in [-0.15, -0.1) is 49.6 Å². The van der Waals surface area contributed by atoms with Crippen molar-refractivity contribution in [2.45, 2.75) is 33.4 Å². The lowest BCUT2D eigenvalue weighted by molar-refractivity contribution is -0.132. The van der Waals surface area contributed by atoms with Crippen molar-refractivity contribution >= 4 is 61.6 Å². The van der Waals surface area contributed by atoms with E-state index in [0.29, 0.717) is 11.5 Å². The second kappa shape index (κ2) is 20.3. The standard InChI is InChI=1S/C29H40N4O4.4ClH/c1-24(34)36-28-8-4-26(5-9-28)22-32-18-14-30(15-19-32)12-3-13-31-16-20-33(21-17-31)23-27-6-10-29(11-7-27)37-25(2)35;;;;/h4-11H,3,12-23H2,1-2H3;4*1H. The van der Waals surface area contributed by atoms with Gasteiger partial charge in [0, 0.05) is 79.3 Å². The summed E-state index contributed by atoms with van der Waals surface area (Å²) in [5, 5.41) is 0. The number of nitrogens with zero attached hydrogens (tertiary/aromatic N) is 4. The molecule has 2 aliphatic heterocycles. The molecule has 2 aliphatic rings. The molecule has 232 valence electrons. The molecule has 12 heteroatoms. The third-order valence-corrected chi connectivity index (χ3v) is 7.06. The van der Waals surface area contributed by atoms with Crippen LogP contribution >= 0.6 is 49.6 Å². The molecule has 2 saturated heterocycles. The molecule has 8 nitrogen and oxygen atoms in total. The molecule has 0 N–H and O–H groups in total. The van der Waals surface area contributed by atoms with Crippen LogP contribution in [0.2, 0.25) is 0 Å². The number of esters is 2. The molecule has 0 bridgehead atoms. The summed E-state index contributed by atoms with van der Waals surface area (Å²) in [5.41, 5.74) is 2.50. The largest absolute Gasteiger partial charge is 0.427 e. The van der Waals surface area contributed by atoms with Crippen molar-refractivity contribution in [3.05, 3.63) is 59.7 Å². The van der Waals surface area contributed by atoms with Crippen molar-refractivity contribution in [1.29, 1.82) is 0 Å². The molecule has 0 spiro atoms. The van der Waals surface area contributed by atoms with E-state index < -0.39 is 0 Å². The fourth-order valence-electron chi connectivity index (χ4n) is 5.03. The van der Waals surface area contributed by atoms with Gasteiger partial charge < -0.3 is 19.3 Å². The number of piperazine rings is 2. The Morgan fingerprint density at radius 1 is 0.537 bits per heavy atom. The van der Waals surface area contributed by atoms with Gasteiger partial charge in [0.25, 0.3) is 0 Å². The van der Waals surface area contributed by atoms with Gasteiger partial charge in [0.2, 0.25) is 0 Å². The van der Waals surface area contributed by atoms with Crippen LogP contribution in [0.4, 0.5) is 0 Å². The molecule has 4 rings (SSSR count). The highest BCUT2D eigenvalue weighted by Gasteiger charge is 2.19. The summed E-state index contributed by atoms with van der Waals surface area (Å²) in [4.78, 5) is 32.3. The minimum Gasteiger partial charge on any atom is -0.427 e. The van der Waals surface area contributed by atoms with Crippen molar-refractivity contribution in [3.63, 3.8) is 0 Å². The van der Waals surface area contributed by atoms with Gasteiger partial charge >= 0.3 is 11.9 Å². The van der Waals surface area contributed by atoms with E-state index in [1.807, 2.05) is 48.5 Å². The first kappa shape index (κ1) is 39.4. The number of carbonyl (C=O) groups is 2. The van der Waals surface area contributed by atoms with Gasteiger partial charge in [0.1, 0.15) is 11.5 Å². The highest BCUT2D eigenvalue weighted by Crippen LogP contribution is 2.16. The second-order valence-corrected chi connectivity index (χ2v) is 10.1. The highest BCUT2D eigenvalue weighted by atomic mass is 35.5. The monoisotopic (exact) mass is 652 g/mol. The zero-order valence-electron chi connectivity index (χ0n) is 23.9. The maximum absolute atomic E-state index is 11.1. The van der Waals surface area contributed by atoms with E-state index in [9.17, 15) is 9.59 Å². The lowest BCUT2D eigenvalue weighted by Crippen LogP contribution is -2.48. The van der Waals surface area contributed by atoms with E-state index >= 15 is 0 Å². The Kier molecular flexibility index (Phi) is 19.5. The summed E-state index contributed by atoms with van der Waals surface area (Å²) in [5.74, 6) is 0.643. The predicted octanol–water partition coefficient (Wildman–Crippen LogP) is 4.55. The fraction of sp³-hybridized carbons (Fsp3) is 0.517. The van der Waals surface area contributed by atoms with Crippen molar-refractivity contribution < 1.29 is 19.1 Å².